The van der Waals surface area contributed by atoms with E-state index >= 15 is 0 Å². The first-order valence-electron chi connectivity index (χ1n) is 6.21. The van der Waals surface area contributed by atoms with Gasteiger partial charge >= 0.3 is 0 Å². The quantitative estimate of drug-likeness (QED) is 0.643. The highest BCUT2D eigenvalue weighted by molar-refractivity contribution is 7.10. The van der Waals surface area contributed by atoms with Gasteiger partial charge in [0, 0.05) is 29.1 Å². The van der Waals surface area contributed by atoms with Crippen molar-refractivity contribution >= 4 is 17.0 Å². The van der Waals surface area contributed by atoms with Gasteiger partial charge in [-0.25, -0.2) is 0 Å². The number of hydrogen-bond donors (Lipinski definition) is 1. The lowest BCUT2D eigenvalue weighted by Crippen LogP contribution is -2.19. The molecule has 1 aromatic carbocycles. The van der Waals surface area contributed by atoms with Gasteiger partial charge in [0.2, 0.25) is 0 Å². The maximum atomic E-state index is 10.9. The van der Waals surface area contributed by atoms with Gasteiger partial charge in [-0.3, -0.25) is 10.1 Å². The van der Waals surface area contributed by atoms with Gasteiger partial charge < -0.3 is 5.32 Å². The topological polar surface area (TPSA) is 55.2 Å². The van der Waals surface area contributed by atoms with Crippen molar-refractivity contribution in [1.29, 1.82) is 0 Å². The third-order valence-electron chi connectivity index (χ3n) is 3.02. The molecule has 0 aliphatic rings. The molecule has 0 radical (unpaired) electrons. The first kappa shape index (κ1) is 13.7. The number of rotatable bonds is 6. The largest absolute Gasteiger partial charge is 0.305 e. The third kappa shape index (κ3) is 3.39. The smallest absolute Gasteiger partial charge is 0.273 e. The van der Waals surface area contributed by atoms with E-state index in [0.29, 0.717) is 6.54 Å². The number of nitrogens with one attached hydrogen (secondary N) is 1. The summed E-state index contributed by atoms with van der Waals surface area (Å²) in [6, 6.07) is 11.2. The van der Waals surface area contributed by atoms with Gasteiger partial charge in [-0.1, -0.05) is 31.2 Å². The molecule has 5 heteroatoms. The van der Waals surface area contributed by atoms with Crippen molar-refractivity contribution in [2.45, 2.75) is 25.9 Å². The number of hydrogen-bond acceptors (Lipinski definition) is 4. The summed E-state index contributed by atoms with van der Waals surface area (Å²) in [5.74, 6) is 0. The fourth-order valence-electron chi connectivity index (χ4n) is 2.01. The van der Waals surface area contributed by atoms with Crippen LogP contribution < -0.4 is 5.32 Å². The molecular weight excluding hydrogens is 260 g/mol. The van der Waals surface area contributed by atoms with Crippen LogP contribution in [0.2, 0.25) is 0 Å². The predicted octanol–water partition coefficient (Wildman–Crippen LogP) is 3.90. The summed E-state index contributed by atoms with van der Waals surface area (Å²) in [6.07, 6.45) is 0.959. The van der Waals surface area contributed by atoms with E-state index in [1.54, 1.807) is 29.5 Å². The van der Waals surface area contributed by atoms with Crippen molar-refractivity contribution in [3.05, 3.63) is 62.3 Å². The normalized spacial score (nSPS) is 12.3. The minimum atomic E-state index is -0.330. The molecule has 0 aliphatic heterocycles. The molecule has 2 rings (SSSR count). The zero-order valence-corrected chi connectivity index (χ0v) is 11.5. The van der Waals surface area contributed by atoms with Gasteiger partial charge in [-0.2, -0.15) is 0 Å². The van der Waals surface area contributed by atoms with Crippen LogP contribution in [0.5, 0.6) is 0 Å². The Hall–Kier alpha value is -1.72. The Morgan fingerprint density at radius 1 is 1.32 bits per heavy atom. The van der Waals surface area contributed by atoms with Crippen molar-refractivity contribution in [3.8, 4) is 0 Å². The molecule has 0 saturated heterocycles. The summed E-state index contributed by atoms with van der Waals surface area (Å²) < 4.78 is 0. The average molecular weight is 276 g/mol. The summed E-state index contributed by atoms with van der Waals surface area (Å²) >= 11 is 1.70. The lowest BCUT2D eigenvalue weighted by Gasteiger charge is -2.15. The van der Waals surface area contributed by atoms with Gasteiger partial charge in [0.15, 0.2) is 0 Å². The molecule has 1 unspecified atom stereocenters. The van der Waals surface area contributed by atoms with Gasteiger partial charge in [-0.15, -0.1) is 11.3 Å². The first-order chi connectivity index (χ1) is 9.22. The molecule has 0 spiro atoms. The van der Waals surface area contributed by atoms with Gasteiger partial charge in [0.05, 0.1) is 4.92 Å². The molecule has 1 aromatic heterocycles. The molecule has 1 N–H and O–H groups in total. The number of benzene rings is 1. The standard InChI is InChI=1S/C14H16N2O2S/c1-2-12(14-8-5-9-19-14)15-10-11-6-3-4-7-13(11)16(17)18/h3-9,12,15H,2,10H2,1H3. The molecule has 0 bridgehead atoms. The monoisotopic (exact) mass is 276 g/mol. The molecule has 100 valence electrons. The predicted molar refractivity (Wildman–Crippen MR) is 77.3 cm³/mol. The lowest BCUT2D eigenvalue weighted by molar-refractivity contribution is -0.385. The fourth-order valence-corrected chi connectivity index (χ4v) is 2.89. The zero-order valence-electron chi connectivity index (χ0n) is 10.7. The van der Waals surface area contributed by atoms with E-state index in [0.717, 1.165) is 12.0 Å². The molecule has 0 fully saturated rings. The van der Waals surface area contributed by atoms with E-state index in [1.807, 2.05) is 17.5 Å². The van der Waals surface area contributed by atoms with Crippen LogP contribution in [0.4, 0.5) is 5.69 Å². The van der Waals surface area contributed by atoms with Crippen LogP contribution in [0.3, 0.4) is 0 Å². The molecule has 19 heavy (non-hydrogen) atoms. The van der Waals surface area contributed by atoms with Gasteiger partial charge in [0.1, 0.15) is 0 Å². The molecule has 0 amide bonds. The Bertz CT molecular complexity index is 540. The minimum absolute atomic E-state index is 0.177. The highest BCUT2D eigenvalue weighted by Gasteiger charge is 2.14. The second kappa shape index (κ2) is 6.45. The van der Waals surface area contributed by atoms with Crippen molar-refractivity contribution in [2.24, 2.45) is 0 Å². The van der Waals surface area contributed by atoms with E-state index in [-0.39, 0.29) is 16.7 Å². The Balaban J connectivity index is 2.08. The van der Waals surface area contributed by atoms with Crippen LogP contribution in [-0.2, 0) is 6.54 Å². The number of nitrogens with zero attached hydrogens (tertiary/aromatic N) is 1. The van der Waals surface area contributed by atoms with Crippen LogP contribution in [0.25, 0.3) is 0 Å². The highest BCUT2D eigenvalue weighted by atomic mass is 32.1. The van der Waals surface area contributed by atoms with E-state index in [4.69, 9.17) is 0 Å². The van der Waals surface area contributed by atoms with E-state index in [9.17, 15) is 10.1 Å². The SMILES string of the molecule is CCC(NCc1ccccc1[N+](=O)[O-])c1cccs1. The van der Waals surface area contributed by atoms with Crippen LogP contribution >= 0.6 is 11.3 Å². The van der Waals surface area contributed by atoms with E-state index < -0.39 is 0 Å². The van der Waals surface area contributed by atoms with E-state index in [2.05, 4.69) is 18.3 Å². The van der Waals surface area contributed by atoms with Crippen LogP contribution in [0.15, 0.2) is 41.8 Å². The number of nitro groups is 1. The molecule has 1 atom stereocenters. The van der Waals surface area contributed by atoms with Gasteiger partial charge in [0.25, 0.3) is 5.69 Å². The Morgan fingerprint density at radius 2 is 2.11 bits per heavy atom. The summed E-state index contributed by atoms with van der Waals surface area (Å²) in [5, 5.41) is 16.4. The second-order valence-electron chi connectivity index (χ2n) is 4.24. The van der Waals surface area contributed by atoms with Crippen molar-refractivity contribution in [3.63, 3.8) is 0 Å². The Labute approximate surface area is 116 Å². The highest BCUT2D eigenvalue weighted by Crippen LogP contribution is 2.23. The van der Waals surface area contributed by atoms with Crippen LogP contribution in [0.1, 0.15) is 29.8 Å². The second-order valence-corrected chi connectivity index (χ2v) is 5.22. The van der Waals surface area contributed by atoms with Crippen LogP contribution in [-0.4, -0.2) is 4.92 Å². The van der Waals surface area contributed by atoms with Gasteiger partial charge in [-0.05, 0) is 17.9 Å². The number of thiophene rings is 1. The Morgan fingerprint density at radius 3 is 2.74 bits per heavy atom. The third-order valence-corrected chi connectivity index (χ3v) is 4.01. The molecule has 0 aliphatic carbocycles. The maximum absolute atomic E-state index is 10.9. The molecule has 4 nitrogen and oxygen atoms in total. The zero-order chi connectivity index (χ0) is 13.7. The molecule has 0 saturated carbocycles. The maximum Gasteiger partial charge on any atom is 0.273 e. The summed E-state index contributed by atoms with van der Waals surface area (Å²) in [5.41, 5.74) is 0.901. The minimum Gasteiger partial charge on any atom is -0.305 e. The van der Waals surface area contributed by atoms with Crippen molar-refractivity contribution in [1.82, 2.24) is 5.32 Å². The fraction of sp³-hybridized carbons (Fsp3) is 0.286. The number of para-hydroxylation sites is 1. The summed E-state index contributed by atoms with van der Waals surface area (Å²) in [4.78, 5) is 11.9. The molecule has 1 heterocycles. The van der Waals surface area contributed by atoms with Crippen molar-refractivity contribution in [2.75, 3.05) is 0 Å². The first-order valence-corrected chi connectivity index (χ1v) is 7.09. The van der Waals surface area contributed by atoms with Crippen molar-refractivity contribution < 1.29 is 4.92 Å². The molecule has 2 aromatic rings. The van der Waals surface area contributed by atoms with Crippen LogP contribution in [0, 0.1) is 10.1 Å². The Kier molecular flexibility index (Phi) is 4.65. The number of nitro benzene ring substituents is 1. The average Bonchev–Trinajstić information content (AvgIpc) is 2.94. The lowest BCUT2D eigenvalue weighted by atomic mass is 10.1. The summed E-state index contributed by atoms with van der Waals surface area (Å²) in [7, 11) is 0. The molecular formula is C14H16N2O2S. The summed E-state index contributed by atoms with van der Waals surface area (Å²) in [6.45, 7) is 2.62. The van der Waals surface area contributed by atoms with E-state index in [1.165, 1.54) is 4.88 Å².